The molecule has 6 nitrogen and oxygen atoms in total. The number of aryl methyl sites for hydroxylation is 1. The number of nitrogens with zero attached hydrogens (tertiary/aromatic N) is 6. The van der Waals surface area contributed by atoms with Crippen LogP contribution in [-0.2, 0) is 0 Å². The third-order valence-corrected chi connectivity index (χ3v) is 11.9. The third-order valence-electron chi connectivity index (χ3n) is 11.9. The first-order valence-electron chi connectivity index (χ1n) is 22.3. The second kappa shape index (κ2) is 18.2. The van der Waals surface area contributed by atoms with E-state index in [0.717, 1.165) is 106 Å². The molecule has 0 saturated heterocycles. The molecule has 0 aliphatic carbocycles. The van der Waals surface area contributed by atoms with Gasteiger partial charge < -0.3 is 0 Å². The van der Waals surface area contributed by atoms with Crippen molar-refractivity contribution in [3.8, 4) is 112 Å². The molecule has 0 radical (unpaired) electrons. The van der Waals surface area contributed by atoms with E-state index in [1.165, 1.54) is 0 Å². The number of hydrogen-bond acceptors (Lipinski definition) is 6. The zero-order valence-electron chi connectivity index (χ0n) is 36.7. The third kappa shape index (κ3) is 8.55. The van der Waals surface area contributed by atoms with Crippen molar-refractivity contribution in [1.29, 1.82) is 0 Å². The highest BCUT2D eigenvalue weighted by Gasteiger charge is 2.21. The predicted molar refractivity (Wildman–Crippen MR) is 272 cm³/mol. The number of benzene rings is 7. The minimum absolute atomic E-state index is 0.646. The highest BCUT2D eigenvalue weighted by Crippen LogP contribution is 2.44. The fourth-order valence-electron chi connectivity index (χ4n) is 8.66. The van der Waals surface area contributed by atoms with Crippen LogP contribution in [0.4, 0.5) is 0 Å². The molecule has 11 aromatic rings. The highest BCUT2D eigenvalue weighted by molar-refractivity contribution is 5.99. The first-order chi connectivity index (χ1) is 33.1. The summed E-state index contributed by atoms with van der Waals surface area (Å²) in [6.45, 7) is 2.01. The summed E-state index contributed by atoms with van der Waals surface area (Å²) >= 11 is 0. The maximum Gasteiger partial charge on any atom is 0.160 e. The fourth-order valence-corrected chi connectivity index (χ4v) is 8.66. The van der Waals surface area contributed by atoms with Gasteiger partial charge in [0.2, 0.25) is 0 Å². The molecule has 0 fully saturated rings. The molecule has 67 heavy (non-hydrogen) atoms. The van der Waals surface area contributed by atoms with E-state index >= 15 is 0 Å². The van der Waals surface area contributed by atoms with Gasteiger partial charge in [0, 0.05) is 62.6 Å². The summed E-state index contributed by atoms with van der Waals surface area (Å²) in [6, 6.07) is 77.3. The summed E-state index contributed by atoms with van der Waals surface area (Å²) in [5.74, 6) is 1.30. The smallest absolute Gasteiger partial charge is 0.160 e. The average molecular weight is 859 g/mol. The molecular formula is C61H42N6. The van der Waals surface area contributed by atoms with E-state index in [1.807, 2.05) is 98.2 Å². The van der Waals surface area contributed by atoms with Crippen molar-refractivity contribution in [2.45, 2.75) is 6.92 Å². The molecule has 0 bridgehead atoms. The van der Waals surface area contributed by atoms with Gasteiger partial charge in [-0.25, -0.2) is 19.9 Å². The van der Waals surface area contributed by atoms with Gasteiger partial charge in [-0.1, -0.05) is 188 Å². The van der Waals surface area contributed by atoms with Crippen molar-refractivity contribution in [3.05, 3.63) is 243 Å². The number of hydrogen-bond donors (Lipinski definition) is 0. The molecule has 4 heterocycles. The summed E-state index contributed by atoms with van der Waals surface area (Å²) in [6.07, 6.45) is 3.74. The molecule has 0 amide bonds. The monoisotopic (exact) mass is 858 g/mol. The second-order valence-corrected chi connectivity index (χ2v) is 16.4. The van der Waals surface area contributed by atoms with Gasteiger partial charge >= 0.3 is 0 Å². The Hall–Kier alpha value is -9.00. The molecule has 0 aliphatic rings. The Balaban J connectivity index is 1.08. The van der Waals surface area contributed by atoms with E-state index in [1.54, 1.807) is 0 Å². The fraction of sp³-hybridized carbons (Fsp3) is 0.0164. The van der Waals surface area contributed by atoms with Crippen LogP contribution in [0.15, 0.2) is 237 Å². The van der Waals surface area contributed by atoms with Crippen LogP contribution >= 0.6 is 0 Å². The van der Waals surface area contributed by atoms with Crippen molar-refractivity contribution in [2.75, 3.05) is 0 Å². The number of pyridine rings is 2. The summed E-state index contributed by atoms with van der Waals surface area (Å²) in [5.41, 5.74) is 18.4. The van der Waals surface area contributed by atoms with Crippen LogP contribution < -0.4 is 0 Å². The molecule has 11 rings (SSSR count). The molecule has 0 aliphatic heterocycles. The molecule has 0 unspecified atom stereocenters. The molecule has 6 heteroatoms. The van der Waals surface area contributed by atoms with Gasteiger partial charge in [0.05, 0.1) is 28.5 Å². The van der Waals surface area contributed by atoms with E-state index in [4.69, 9.17) is 24.9 Å². The van der Waals surface area contributed by atoms with Crippen LogP contribution in [0, 0.1) is 6.92 Å². The first kappa shape index (κ1) is 40.8. The molecule has 7 aromatic carbocycles. The second-order valence-electron chi connectivity index (χ2n) is 16.4. The summed E-state index contributed by atoms with van der Waals surface area (Å²) < 4.78 is 0. The van der Waals surface area contributed by atoms with Gasteiger partial charge in [0.15, 0.2) is 11.6 Å². The van der Waals surface area contributed by atoms with Crippen molar-refractivity contribution in [3.63, 3.8) is 0 Å². The van der Waals surface area contributed by atoms with Crippen molar-refractivity contribution in [1.82, 2.24) is 29.9 Å². The van der Waals surface area contributed by atoms with E-state index in [2.05, 4.69) is 151 Å². The Morgan fingerprint density at radius 1 is 0.269 bits per heavy atom. The van der Waals surface area contributed by atoms with Gasteiger partial charge in [-0.2, -0.15) is 0 Å². The van der Waals surface area contributed by atoms with Crippen LogP contribution in [0.3, 0.4) is 0 Å². The van der Waals surface area contributed by atoms with Crippen LogP contribution in [0.25, 0.3) is 112 Å². The molecule has 0 N–H and O–H groups in total. The molecule has 0 spiro atoms. The minimum atomic E-state index is 0.646. The Labute approximate surface area is 390 Å². The van der Waals surface area contributed by atoms with Gasteiger partial charge in [0.25, 0.3) is 0 Å². The zero-order chi connectivity index (χ0) is 44.9. The lowest BCUT2D eigenvalue weighted by Crippen LogP contribution is -1.98. The lowest BCUT2D eigenvalue weighted by atomic mass is 9.85. The normalized spacial score (nSPS) is 11.1. The molecular weight excluding hydrogens is 817 g/mol. The van der Waals surface area contributed by atoms with Gasteiger partial charge in [-0.3, -0.25) is 9.97 Å². The largest absolute Gasteiger partial charge is 0.264 e. The predicted octanol–water partition coefficient (Wildman–Crippen LogP) is 15.0. The van der Waals surface area contributed by atoms with Crippen LogP contribution in [-0.4, -0.2) is 29.9 Å². The van der Waals surface area contributed by atoms with Gasteiger partial charge in [-0.05, 0) is 71.1 Å². The summed E-state index contributed by atoms with van der Waals surface area (Å²) in [5, 5.41) is 0. The maximum atomic E-state index is 5.32. The lowest BCUT2D eigenvalue weighted by molar-refractivity contribution is 1.18. The topological polar surface area (TPSA) is 77.3 Å². The van der Waals surface area contributed by atoms with E-state index in [0.29, 0.717) is 11.6 Å². The average Bonchev–Trinajstić information content (AvgIpc) is 3.41. The van der Waals surface area contributed by atoms with Crippen LogP contribution in [0.5, 0.6) is 0 Å². The Kier molecular flexibility index (Phi) is 11.1. The van der Waals surface area contributed by atoms with Gasteiger partial charge in [-0.15, -0.1) is 0 Å². The Bertz CT molecular complexity index is 3450. The molecule has 0 atom stereocenters. The van der Waals surface area contributed by atoms with Crippen molar-refractivity contribution in [2.24, 2.45) is 0 Å². The SMILES string of the molecule is Cc1cccc(-c2ccc(-c3cc(-c4ccccc4-c4cccc(-c5cccnc5)c4-c4cccc(-c5nc(-c6ccccc6)cc(-c6ccccc6)n5)c4)nc(-c4ccccc4)n3)cc2)n1. The van der Waals surface area contributed by atoms with E-state index in [9.17, 15) is 0 Å². The first-order valence-corrected chi connectivity index (χ1v) is 22.3. The van der Waals surface area contributed by atoms with Crippen molar-refractivity contribution < 1.29 is 0 Å². The van der Waals surface area contributed by atoms with E-state index in [-0.39, 0.29) is 0 Å². The summed E-state index contributed by atoms with van der Waals surface area (Å²) in [7, 11) is 0. The summed E-state index contributed by atoms with van der Waals surface area (Å²) in [4.78, 5) is 30.2. The van der Waals surface area contributed by atoms with Crippen LogP contribution in [0.2, 0.25) is 0 Å². The molecule has 4 aromatic heterocycles. The number of rotatable bonds is 10. The lowest BCUT2D eigenvalue weighted by Gasteiger charge is -2.19. The van der Waals surface area contributed by atoms with Gasteiger partial charge in [0.1, 0.15) is 0 Å². The zero-order valence-corrected chi connectivity index (χ0v) is 36.7. The number of aromatic nitrogens is 6. The Morgan fingerprint density at radius 2 is 0.731 bits per heavy atom. The maximum absolute atomic E-state index is 5.32. The highest BCUT2D eigenvalue weighted by atomic mass is 14.9. The quantitative estimate of drug-likeness (QED) is 0.136. The van der Waals surface area contributed by atoms with Crippen LogP contribution in [0.1, 0.15) is 5.69 Å². The molecule has 316 valence electrons. The minimum Gasteiger partial charge on any atom is -0.264 e. The Morgan fingerprint density at radius 3 is 1.37 bits per heavy atom. The molecule has 0 saturated carbocycles. The van der Waals surface area contributed by atoms with E-state index < -0.39 is 0 Å². The van der Waals surface area contributed by atoms with Crippen molar-refractivity contribution >= 4 is 0 Å². The standard InChI is InChI=1S/C61H42N6/c1-41-17-13-31-54(63-41)44-32-34-45(35-33-44)57-39-58(67-60(64-57)46-22-9-4-10-23-46)52-28-12-11-27-51(52)53-30-15-29-50(49-26-16-36-62-40-49)59(53)47-24-14-25-48(37-47)61-65-55(42-18-5-2-6-19-42)38-56(66-61)43-20-7-3-8-21-43/h2-40H,1H3.